The second kappa shape index (κ2) is 8.58. The number of aromatic nitrogens is 1. The van der Waals surface area contributed by atoms with Gasteiger partial charge in [-0.3, -0.25) is 14.7 Å². The molecule has 1 aromatic rings. The number of nitrogens with one attached hydrogen (secondary N) is 1. The minimum absolute atomic E-state index is 0.346. The van der Waals surface area contributed by atoms with Crippen molar-refractivity contribution < 1.29 is 4.79 Å². The Morgan fingerprint density at radius 2 is 2.00 bits per heavy atom. The zero-order valence-corrected chi connectivity index (χ0v) is 14.8. The van der Waals surface area contributed by atoms with Gasteiger partial charge in [0.1, 0.15) is 0 Å². The van der Waals surface area contributed by atoms with Crippen LogP contribution in [0.3, 0.4) is 0 Å². The van der Waals surface area contributed by atoms with Crippen molar-refractivity contribution in [3.63, 3.8) is 0 Å². The van der Waals surface area contributed by atoms with Crippen LogP contribution in [0.4, 0.5) is 0 Å². The Bertz CT molecular complexity index is 507. The zero-order chi connectivity index (χ0) is 16.8. The molecule has 5 nitrogen and oxygen atoms in total. The molecule has 3 rings (SSSR count). The first-order valence-electron chi connectivity index (χ1n) is 9.33. The fourth-order valence-corrected chi connectivity index (χ4v) is 3.86. The normalized spacial score (nSPS) is 21.6. The topological polar surface area (TPSA) is 48.5 Å². The molecule has 0 aliphatic carbocycles. The van der Waals surface area contributed by atoms with Crippen molar-refractivity contribution in [2.75, 3.05) is 39.3 Å². The Morgan fingerprint density at radius 1 is 1.25 bits per heavy atom. The minimum atomic E-state index is 0.346. The molecule has 2 fully saturated rings. The van der Waals surface area contributed by atoms with Crippen molar-refractivity contribution in [3.05, 3.63) is 30.1 Å². The van der Waals surface area contributed by atoms with Gasteiger partial charge in [0.15, 0.2) is 0 Å². The number of carbonyl (C=O) groups is 1. The lowest BCUT2D eigenvalue weighted by Gasteiger charge is -2.36. The maximum atomic E-state index is 12.6. The molecule has 24 heavy (non-hydrogen) atoms. The number of nitrogens with zero attached hydrogens (tertiary/aromatic N) is 3. The molecule has 0 radical (unpaired) electrons. The molecular formula is C19H30N4O. The highest BCUT2D eigenvalue weighted by atomic mass is 16.2. The highest BCUT2D eigenvalue weighted by Gasteiger charge is 2.26. The third-order valence-electron chi connectivity index (χ3n) is 5.52. The van der Waals surface area contributed by atoms with Gasteiger partial charge in [-0.15, -0.1) is 0 Å². The second-order valence-corrected chi connectivity index (χ2v) is 7.25. The standard InChI is InChI=1S/C19H30N4O/c1-16(17-5-8-20-9-6-17)14-19(24)23-12-10-22(11-13-23)15-18-4-2-3-7-21-18/h2-4,7,16-17,20H,5-6,8-15H2,1H3. The van der Waals surface area contributed by atoms with E-state index in [9.17, 15) is 4.79 Å². The number of piperazine rings is 1. The number of rotatable bonds is 5. The molecule has 3 heterocycles. The van der Waals surface area contributed by atoms with Gasteiger partial charge in [-0.25, -0.2) is 0 Å². The molecule has 0 bridgehead atoms. The van der Waals surface area contributed by atoms with Gasteiger partial charge in [-0.2, -0.15) is 0 Å². The molecule has 1 N–H and O–H groups in total. The van der Waals surface area contributed by atoms with Crippen LogP contribution in [0.5, 0.6) is 0 Å². The van der Waals surface area contributed by atoms with Gasteiger partial charge in [0.25, 0.3) is 0 Å². The number of carbonyl (C=O) groups excluding carboxylic acids is 1. The van der Waals surface area contributed by atoms with Crippen LogP contribution in [-0.4, -0.2) is 60.0 Å². The van der Waals surface area contributed by atoms with Gasteiger partial charge < -0.3 is 10.2 Å². The number of piperidine rings is 1. The zero-order valence-electron chi connectivity index (χ0n) is 14.8. The van der Waals surface area contributed by atoms with Gasteiger partial charge in [-0.05, 0) is 49.9 Å². The van der Waals surface area contributed by atoms with Crippen molar-refractivity contribution in [1.82, 2.24) is 20.1 Å². The van der Waals surface area contributed by atoms with Crippen LogP contribution in [0.1, 0.15) is 31.9 Å². The summed E-state index contributed by atoms with van der Waals surface area (Å²) in [5.41, 5.74) is 1.11. The van der Waals surface area contributed by atoms with E-state index in [2.05, 4.69) is 33.1 Å². The summed E-state index contributed by atoms with van der Waals surface area (Å²) in [6, 6.07) is 6.05. The Morgan fingerprint density at radius 3 is 2.67 bits per heavy atom. The maximum absolute atomic E-state index is 12.6. The summed E-state index contributed by atoms with van der Waals surface area (Å²) in [6.07, 6.45) is 4.99. The van der Waals surface area contributed by atoms with E-state index in [1.165, 1.54) is 12.8 Å². The Kier molecular flexibility index (Phi) is 6.21. The summed E-state index contributed by atoms with van der Waals surface area (Å²) in [5.74, 6) is 1.56. The summed E-state index contributed by atoms with van der Waals surface area (Å²) in [6.45, 7) is 8.95. The van der Waals surface area contributed by atoms with Gasteiger partial charge in [0, 0.05) is 45.3 Å². The first kappa shape index (κ1) is 17.4. The fourth-order valence-electron chi connectivity index (χ4n) is 3.86. The second-order valence-electron chi connectivity index (χ2n) is 7.25. The molecule has 2 aliphatic heterocycles. The summed E-state index contributed by atoms with van der Waals surface area (Å²) < 4.78 is 0. The van der Waals surface area contributed by atoms with E-state index in [0.717, 1.165) is 51.5 Å². The van der Waals surface area contributed by atoms with Crippen LogP contribution in [0.2, 0.25) is 0 Å². The molecule has 0 aromatic carbocycles. The van der Waals surface area contributed by atoms with E-state index in [0.29, 0.717) is 24.2 Å². The fraction of sp³-hybridized carbons (Fsp3) is 0.684. The van der Waals surface area contributed by atoms with Crippen LogP contribution < -0.4 is 5.32 Å². The van der Waals surface area contributed by atoms with Crippen molar-refractivity contribution in [2.45, 2.75) is 32.7 Å². The summed E-state index contributed by atoms with van der Waals surface area (Å²) in [5, 5.41) is 3.41. The van der Waals surface area contributed by atoms with Gasteiger partial charge in [-0.1, -0.05) is 13.0 Å². The van der Waals surface area contributed by atoms with Crippen LogP contribution in [0, 0.1) is 11.8 Å². The van der Waals surface area contributed by atoms with Gasteiger partial charge >= 0.3 is 0 Å². The van der Waals surface area contributed by atoms with Crippen molar-refractivity contribution in [1.29, 1.82) is 0 Å². The average Bonchev–Trinajstić information content (AvgIpc) is 2.64. The third kappa shape index (κ3) is 4.77. The summed E-state index contributed by atoms with van der Waals surface area (Å²) in [7, 11) is 0. The van der Waals surface area contributed by atoms with Crippen LogP contribution in [-0.2, 0) is 11.3 Å². The molecule has 1 amide bonds. The summed E-state index contributed by atoms with van der Waals surface area (Å²) in [4.78, 5) is 21.4. The first-order valence-corrected chi connectivity index (χ1v) is 9.33. The van der Waals surface area contributed by atoms with Gasteiger partial charge in [0.05, 0.1) is 5.69 Å². The molecule has 1 unspecified atom stereocenters. The molecule has 2 saturated heterocycles. The van der Waals surface area contributed by atoms with Crippen LogP contribution >= 0.6 is 0 Å². The largest absolute Gasteiger partial charge is 0.340 e. The van der Waals surface area contributed by atoms with E-state index >= 15 is 0 Å². The highest BCUT2D eigenvalue weighted by molar-refractivity contribution is 5.76. The minimum Gasteiger partial charge on any atom is -0.340 e. The van der Waals surface area contributed by atoms with Crippen LogP contribution in [0.15, 0.2) is 24.4 Å². The Hall–Kier alpha value is -1.46. The summed E-state index contributed by atoms with van der Waals surface area (Å²) >= 11 is 0. The van der Waals surface area contributed by atoms with E-state index in [-0.39, 0.29) is 0 Å². The SMILES string of the molecule is CC(CC(=O)N1CCN(Cc2ccccn2)CC1)C1CCNCC1. The molecule has 5 heteroatoms. The predicted octanol–water partition coefficient (Wildman–Crippen LogP) is 1.75. The number of pyridine rings is 1. The quantitative estimate of drug-likeness (QED) is 0.894. The third-order valence-corrected chi connectivity index (χ3v) is 5.52. The van der Waals surface area contributed by atoms with Gasteiger partial charge in [0.2, 0.25) is 5.91 Å². The highest BCUT2D eigenvalue weighted by Crippen LogP contribution is 2.25. The average molecular weight is 330 g/mol. The van der Waals surface area contributed by atoms with Crippen molar-refractivity contribution in [2.24, 2.45) is 11.8 Å². The van der Waals surface area contributed by atoms with E-state index < -0.39 is 0 Å². The molecule has 0 saturated carbocycles. The smallest absolute Gasteiger partial charge is 0.222 e. The molecule has 1 atom stereocenters. The van der Waals surface area contributed by atoms with Crippen molar-refractivity contribution in [3.8, 4) is 0 Å². The maximum Gasteiger partial charge on any atom is 0.222 e. The molecule has 1 aromatic heterocycles. The lowest BCUT2D eigenvalue weighted by atomic mass is 9.84. The number of amides is 1. The lowest BCUT2D eigenvalue weighted by Crippen LogP contribution is -2.48. The Balaban J connectivity index is 1.41. The molecule has 0 spiro atoms. The molecule has 132 valence electrons. The monoisotopic (exact) mass is 330 g/mol. The van der Waals surface area contributed by atoms with E-state index in [1.54, 1.807) is 0 Å². The molecule has 2 aliphatic rings. The van der Waals surface area contributed by atoms with Crippen LogP contribution in [0.25, 0.3) is 0 Å². The molecular weight excluding hydrogens is 300 g/mol. The first-order chi connectivity index (χ1) is 11.7. The number of hydrogen-bond donors (Lipinski definition) is 1. The number of hydrogen-bond acceptors (Lipinski definition) is 4. The van der Waals surface area contributed by atoms with E-state index in [1.807, 2.05) is 18.3 Å². The van der Waals surface area contributed by atoms with E-state index in [4.69, 9.17) is 0 Å². The lowest BCUT2D eigenvalue weighted by molar-refractivity contribution is -0.134. The van der Waals surface area contributed by atoms with Crippen molar-refractivity contribution >= 4 is 5.91 Å². The Labute approximate surface area is 145 Å². The predicted molar refractivity (Wildman–Crippen MR) is 95.5 cm³/mol.